The molecule has 10 atom stereocenters. The molecule has 1 aromatic heterocycles. The molecule has 10 unspecified atom stereocenters. The second-order valence-electron chi connectivity index (χ2n) is 19.6. The van der Waals surface area contributed by atoms with Gasteiger partial charge in [0.05, 0.1) is 29.9 Å². The average Bonchev–Trinajstić information content (AvgIpc) is 3.86. The summed E-state index contributed by atoms with van der Waals surface area (Å²) in [4.78, 5) is 44.8. The molecule has 10 rings (SSSR count). The van der Waals surface area contributed by atoms with E-state index in [1.54, 1.807) is 17.0 Å². The predicted octanol–water partition coefficient (Wildman–Crippen LogP) is 8.10. The molecule has 1 amide bonds. The Morgan fingerprint density at radius 2 is 1.60 bits per heavy atom. The summed E-state index contributed by atoms with van der Waals surface area (Å²) >= 11 is 0. The van der Waals surface area contributed by atoms with Crippen LogP contribution in [0.1, 0.15) is 109 Å². The van der Waals surface area contributed by atoms with E-state index >= 15 is 4.79 Å². The van der Waals surface area contributed by atoms with Gasteiger partial charge in [0.25, 0.3) is 5.91 Å². The molecule has 12 heteroatoms. The Bertz CT molecular complexity index is 2090. The first-order valence-corrected chi connectivity index (χ1v) is 20.4. The van der Waals surface area contributed by atoms with E-state index in [9.17, 15) is 33.0 Å². The van der Waals surface area contributed by atoms with E-state index in [-0.39, 0.29) is 41.9 Å². The van der Waals surface area contributed by atoms with Gasteiger partial charge < -0.3 is 29.0 Å². The van der Waals surface area contributed by atoms with Crippen LogP contribution in [0.4, 0.5) is 13.2 Å². The Balaban J connectivity index is 1.11. The number of alkyl halides is 3. The molecule has 2 N–H and O–H groups in total. The van der Waals surface area contributed by atoms with Crippen molar-refractivity contribution in [1.29, 1.82) is 0 Å². The lowest BCUT2D eigenvalue weighted by molar-refractivity contribution is -0.274. The molecular formula is C45H52F3NO8. The van der Waals surface area contributed by atoms with Crippen molar-refractivity contribution >= 4 is 17.7 Å². The molecule has 0 radical (unpaired) electrons. The molecule has 7 aliphatic carbocycles. The van der Waals surface area contributed by atoms with Gasteiger partial charge in [0.1, 0.15) is 5.75 Å². The second-order valence-corrected chi connectivity index (χ2v) is 19.6. The van der Waals surface area contributed by atoms with Crippen molar-refractivity contribution < 1.29 is 51.7 Å². The fourth-order valence-corrected chi connectivity index (χ4v) is 13.6. The summed E-state index contributed by atoms with van der Waals surface area (Å²) in [7, 11) is 0. The normalized spacial score (nSPS) is 42.2. The molecule has 306 valence electrons. The molecule has 57 heavy (non-hydrogen) atoms. The minimum Gasteiger partial charge on any atom is -0.461 e. The van der Waals surface area contributed by atoms with Gasteiger partial charge in [-0.3, -0.25) is 14.4 Å². The predicted molar refractivity (Wildman–Crippen MR) is 200 cm³/mol. The molecule has 5 fully saturated rings. The number of rotatable bonds is 8. The van der Waals surface area contributed by atoms with Crippen LogP contribution >= 0.6 is 0 Å². The van der Waals surface area contributed by atoms with Crippen LogP contribution < -0.4 is 4.74 Å². The highest BCUT2D eigenvalue weighted by atomic mass is 19.4. The Morgan fingerprint density at radius 3 is 2.23 bits per heavy atom. The molecular weight excluding hydrogens is 739 g/mol. The smallest absolute Gasteiger partial charge is 0.461 e. The Hall–Kier alpha value is -3.90. The number of benzene rings is 1. The third kappa shape index (κ3) is 4.86. The van der Waals surface area contributed by atoms with Crippen molar-refractivity contribution in [1.82, 2.24) is 4.90 Å². The van der Waals surface area contributed by atoms with Crippen LogP contribution in [0.15, 0.2) is 70.9 Å². The Morgan fingerprint density at radius 1 is 0.912 bits per heavy atom. The number of fused-ring (bicyclic) bond motifs is 3. The number of furan rings is 1. The van der Waals surface area contributed by atoms with Gasteiger partial charge in [-0.15, -0.1) is 13.2 Å². The molecule has 2 aromatic rings. The quantitative estimate of drug-likeness (QED) is 0.156. The lowest BCUT2D eigenvalue weighted by Crippen LogP contribution is -2.67. The van der Waals surface area contributed by atoms with Crippen LogP contribution in [-0.4, -0.2) is 63.0 Å². The van der Waals surface area contributed by atoms with E-state index in [0.717, 1.165) is 6.42 Å². The van der Waals surface area contributed by atoms with E-state index < -0.39 is 68.4 Å². The van der Waals surface area contributed by atoms with Crippen molar-refractivity contribution in [3.05, 3.63) is 77.8 Å². The van der Waals surface area contributed by atoms with Crippen LogP contribution in [0.2, 0.25) is 0 Å². The first-order valence-electron chi connectivity index (χ1n) is 20.4. The van der Waals surface area contributed by atoms with Crippen LogP contribution in [0.3, 0.4) is 0 Å². The summed E-state index contributed by atoms with van der Waals surface area (Å²) in [6, 6.07) is 8.71. The van der Waals surface area contributed by atoms with Crippen LogP contribution in [0.5, 0.6) is 5.75 Å². The highest BCUT2D eigenvalue weighted by molar-refractivity contribution is 6.09. The number of carbonyl (C=O) groups excluding carboxylic acids is 3. The monoisotopic (exact) mass is 791 g/mol. The maximum atomic E-state index is 15.2. The second kappa shape index (κ2) is 11.9. The zero-order valence-corrected chi connectivity index (χ0v) is 33.2. The first-order chi connectivity index (χ1) is 26.6. The molecule has 4 bridgehead atoms. The highest BCUT2D eigenvalue weighted by Crippen LogP contribution is 2.78. The van der Waals surface area contributed by atoms with Crippen LogP contribution in [0.25, 0.3) is 0 Å². The molecule has 1 aromatic carbocycles. The fourth-order valence-electron chi connectivity index (χ4n) is 13.6. The summed E-state index contributed by atoms with van der Waals surface area (Å²) in [6.45, 7) is 9.79. The average molecular weight is 792 g/mol. The summed E-state index contributed by atoms with van der Waals surface area (Å²) in [5, 5.41) is 24.3. The zero-order chi connectivity index (χ0) is 40.8. The van der Waals surface area contributed by atoms with Gasteiger partial charge in [0, 0.05) is 33.8 Å². The minimum atomic E-state index is -4.87. The third-order valence-electron chi connectivity index (χ3n) is 17.4. The Labute approximate surface area is 330 Å². The standard InChI is InChI=1S/C45H52F3NO8/c1-37(2)40(5)18-21-44(37,57-36(40)53)35(52)49(25-27-8-10-29(11-9-27)56-45(46,47)48)26-42(54)17-14-33-39(42,4)16-13-32-38(3)15-12-28(50)23-41(38)19-20-43(32,33)30(24-41)34(51)31-7-6-22-55-31/h6-11,19-20,22,24,28,32-33,50,54H,12-18,21,23,25-26H2,1-5H3. The molecule has 8 aliphatic rings. The van der Waals surface area contributed by atoms with E-state index in [1.807, 2.05) is 20.8 Å². The number of hydrogen-bond donors (Lipinski definition) is 2. The van der Waals surface area contributed by atoms with Gasteiger partial charge in [0.15, 0.2) is 11.4 Å². The van der Waals surface area contributed by atoms with Gasteiger partial charge in [-0.05, 0) is 112 Å². The number of carbonyl (C=O) groups is 3. The number of aliphatic hydroxyl groups is 2. The number of nitrogens with zero attached hydrogens (tertiary/aromatic N) is 1. The molecule has 2 spiro atoms. The maximum absolute atomic E-state index is 15.2. The fraction of sp³-hybridized carbons (Fsp3) is 0.622. The topological polar surface area (TPSA) is 127 Å². The summed E-state index contributed by atoms with van der Waals surface area (Å²) in [6.07, 6.45) is 7.67. The number of halogens is 3. The van der Waals surface area contributed by atoms with Gasteiger partial charge in [-0.25, -0.2) is 0 Å². The molecule has 1 aliphatic heterocycles. The number of ketones is 1. The van der Waals surface area contributed by atoms with E-state index in [1.165, 1.54) is 30.5 Å². The number of allylic oxidation sites excluding steroid dienone is 4. The summed E-state index contributed by atoms with van der Waals surface area (Å²) < 4.78 is 54.9. The van der Waals surface area contributed by atoms with Gasteiger partial charge in [0.2, 0.25) is 5.78 Å². The van der Waals surface area contributed by atoms with Crippen LogP contribution in [-0.2, 0) is 20.9 Å². The van der Waals surface area contributed by atoms with Crippen molar-refractivity contribution in [3.8, 4) is 5.75 Å². The summed E-state index contributed by atoms with van der Waals surface area (Å²) in [5.74, 6) is -1.39. The van der Waals surface area contributed by atoms with Crippen LogP contribution in [0, 0.1) is 44.3 Å². The Kier molecular flexibility index (Phi) is 8.03. The van der Waals surface area contributed by atoms with E-state index in [4.69, 9.17) is 9.15 Å². The van der Waals surface area contributed by atoms with Gasteiger partial charge >= 0.3 is 12.3 Å². The van der Waals surface area contributed by atoms with Crippen molar-refractivity contribution in [2.75, 3.05) is 6.54 Å². The van der Waals surface area contributed by atoms with Crippen molar-refractivity contribution in [3.63, 3.8) is 0 Å². The first kappa shape index (κ1) is 38.6. The molecule has 4 saturated carbocycles. The number of ether oxygens (including phenoxy) is 2. The maximum Gasteiger partial charge on any atom is 0.573 e. The lowest BCUT2D eigenvalue weighted by Gasteiger charge is -2.71. The van der Waals surface area contributed by atoms with Gasteiger partial charge in [-0.2, -0.15) is 0 Å². The van der Waals surface area contributed by atoms with Crippen molar-refractivity contribution in [2.45, 2.75) is 123 Å². The number of aliphatic hydroxyl groups excluding tert-OH is 1. The summed E-state index contributed by atoms with van der Waals surface area (Å²) in [5.41, 5.74) is -5.86. The highest BCUT2D eigenvalue weighted by Gasteiger charge is 2.78. The van der Waals surface area contributed by atoms with Crippen molar-refractivity contribution in [2.24, 2.45) is 44.3 Å². The minimum absolute atomic E-state index is 0.0470. The van der Waals surface area contributed by atoms with Gasteiger partial charge in [-0.1, -0.05) is 58.1 Å². The largest absolute Gasteiger partial charge is 0.573 e. The number of esters is 1. The number of hydrogen-bond acceptors (Lipinski definition) is 8. The third-order valence-corrected chi connectivity index (χ3v) is 17.4. The number of Topliss-reactive ketones (excluding diaryl/α,β-unsaturated/α-hetero) is 1. The molecule has 1 saturated heterocycles. The lowest BCUT2D eigenvalue weighted by atomic mass is 9.32. The number of amides is 1. The molecule has 2 heterocycles. The molecule has 9 nitrogen and oxygen atoms in total. The van der Waals surface area contributed by atoms with E-state index in [0.29, 0.717) is 62.5 Å². The van der Waals surface area contributed by atoms with E-state index in [2.05, 4.69) is 36.8 Å². The SMILES string of the molecule is CC12CCC(C(=O)N(Cc3ccc(OC(F)(F)F)cc3)CC3(O)CCC4C56C=CC7(C=C5C(=O)c5ccco5)CC(O)CCC7(C)C6CCC43C)(OC1=O)C2(C)C. The zero-order valence-electron chi connectivity index (χ0n) is 33.2.